The highest BCUT2D eigenvalue weighted by molar-refractivity contribution is 5.66. The summed E-state index contributed by atoms with van der Waals surface area (Å²) in [6.45, 7) is 1.99. The molecule has 1 heterocycles. The Labute approximate surface area is 77.2 Å². The molecule has 0 atom stereocenters. The van der Waals surface area contributed by atoms with Gasteiger partial charge in [0.2, 0.25) is 0 Å². The van der Waals surface area contributed by atoms with Crippen LogP contribution >= 0.6 is 0 Å². The smallest absolute Gasteiger partial charge is 0.303 e. The molecule has 4 nitrogen and oxygen atoms in total. The van der Waals surface area contributed by atoms with Gasteiger partial charge in [-0.3, -0.25) is 9.48 Å². The molecule has 1 rings (SSSR count). The zero-order valence-electron chi connectivity index (χ0n) is 7.95. The maximum Gasteiger partial charge on any atom is 0.303 e. The van der Waals surface area contributed by atoms with Crippen molar-refractivity contribution >= 4 is 5.97 Å². The molecule has 0 bridgehead atoms. The average Bonchev–Trinajstić information content (AvgIpc) is 2.29. The van der Waals surface area contributed by atoms with Gasteiger partial charge < -0.3 is 5.11 Å². The summed E-state index contributed by atoms with van der Waals surface area (Å²) in [7, 11) is 1.87. The van der Waals surface area contributed by atoms with Crippen molar-refractivity contribution in [3.63, 3.8) is 0 Å². The molecule has 0 spiro atoms. The highest BCUT2D eigenvalue weighted by Gasteiger charge is 2.04. The minimum absolute atomic E-state index is 0.218. The third-order valence-corrected chi connectivity index (χ3v) is 1.92. The topological polar surface area (TPSA) is 55.1 Å². The standard InChI is InChI=1S/C9H14N2O2/c1-7-6-11(2)10-8(7)4-3-5-9(12)13/h6H,3-5H2,1-2H3,(H,12,13). The van der Waals surface area contributed by atoms with E-state index < -0.39 is 5.97 Å². The molecular formula is C9H14N2O2. The molecule has 0 saturated carbocycles. The quantitative estimate of drug-likeness (QED) is 0.759. The van der Waals surface area contributed by atoms with Gasteiger partial charge in [0.05, 0.1) is 5.69 Å². The Morgan fingerprint density at radius 1 is 1.69 bits per heavy atom. The summed E-state index contributed by atoms with van der Waals surface area (Å²) in [5.74, 6) is -0.742. The summed E-state index contributed by atoms with van der Waals surface area (Å²) in [4.78, 5) is 10.3. The third kappa shape index (κ3) is 2.89. The number of aromatic nitrogens is 2. The lowest BCUT2D eigenvalue weighted by Gasteiger charge is -1.95. The van der Waals surface area contributed by atoms with Crippen LogP contribution in [-0.4, -0.2) is 20.9 Å². The van der Waals surface area contributed by atoms with Gasteiger partial charge in [-0.25, -0.2) is 0 Å². The largest absolute Gasteiger partial charge is 0.481 e. The second-order valence-corrected chi connectivity index (χ2v) is 3.18. The molecule has 1 N–H and O–H groups in total. The first-order valence-electron chi connectivity index (χ1n) is 4.30. The SMILES string of the molecule is Cc1cn(C)nc1CCCC(=O)O. The van der Waals surface area contributed by atoms with Crippen molar-refractivity contribution in [1.82, 2.24) is 9.78 Å². The number of hydrogen-bond donors (Lipinski definition) is 1. The Bertz CT molecular complexity index is 305. The molecule has 0 radical (unpaired) electrons. The number of aliphatic carboxylic acids is 1. The summed E-state index contributed by atoms with van der Waals surface area (Å²) >= 11 is 0. The zero-order chi connectivity index (χ0) is 9.84. The number of nitrogens with zero attached hydrogens (tertiary/aromatic N) is 2. The lowest BCUT2D eigenvalue weighted by molar-refractivity contribution is -0.137. The fraction of sp³-hybridized carbons (Fsp3) is 0.556. The summed E-state index contributed by atoms with van der Waals surface area (Å²) in [6.07, 6.45) is 3.57. The Morgan fingerprint density at radius 2 is 2.38 bits per heavy atom. The van der Waals surface area contributed by atoms with Crippen molar-refractivity contribution in [1.29, 1.82) is 0 Å². The van der Waals surface area contributed by atoms with Crippen molar-refractivity contribution in [2.75, 3.05) is 0 Å². The lowest BCUT2D eigenvalue weighted by Crippen LogP contribution is -1.97. The lowest BCUT2D eigenvalue weighted by atomic mass is 10.1. The Hall–Kier alpha value is -1.32. The molecule has 72 valence electrons. The van der Waals surface area contributed by atoms with Crippen molar-refractivity contribution < 1.29 is 9.90 Å². The first-order valence-corrected chi connectivity index (χ1v) is 4.30. The van der Waals surface area contributed by atoms with Crippen molar-refractivity contribution in [3.05, 3.63) is 17.5 Å². The number of rotatable bonds is 4. The monoisotopic (exact) mass is 182 g/mol. The Morgan fingerprint density at radius 3 is 2.85 bits per heavy atom. The summed E-state index contributed by atoms with van der Waals surface area (Å²) in [5.41, 5.74) is 2.14. The van der Waals surface area contributed by atoms with E-state index in [9.17, 15) is 4.79 Å². The molecule has 0 fully saturated rings. The minimum Gasteiger partial charge on any atom is -0.481 e. The van der Waals surface area contributed by atoms with Crippen LogP contribution < -0.4 is 0 Å². The maximum absolute atomic E-state index is 10.3. The molecule has 13 heavy (non-hydrogen) atoms. The second kappa shape index (κ2) is 4.07. The summed E-state index contributed by atoms with van der Waals surface area (Å²) in [5, 5.41) is 12.7. The molecule has 0 aliphatic heterocycles. The van der Waals surface area contributed by atoms with Gasteiger partial charge >= 0.3 is 5.97 Å². The van der Waals surface area contributed by atoms with Gasteiger partial charge in [0, 0.05) is 19.7 Å². The predicted octanol–water partition coefficient (Wildman–Crippen LogP) is 1.14. The van der Waals surface area contributed by atoms with Crippen LogP contribution in [0.5, 0.6) is 0 Å². The first-order chi connectivity index (χ1) is 6.09. The average molecular weight is 182 g/mol. The van der Waals surface area contributed by atoms with Gasteiger partial charge in [-0.15, -0.1) is 0 Å². The fourth-order valence-corrected chi connectivity index (χ4v) is 1.31. The number of carboxylic acid groups (broad SMARTS) is 1. The Kier molecular flexibility index (Phi) is 3.06. The van der Waals surface area contributed by atoms with Crippen LogP contribution in [0, 0.1) is 6.92 Å². The van der Waals surface area contributed by atoms with E-state index in [1.807, 2.05) is 20.2 Å². The van der Waals surface area contributed by atoms with E-state index in [0.29, 0.717) is 6.42 Å². The predicted molar refractivity (Wildman–Crippen MR) is 48.5 cm³/mol. The second-order valence-electron chi connectivity index (χ2n) is 3.18. The van der Waals surface area contributed by atoms with Crippen LogP contribution in [0.4, 0.5) is 0 Å². The molecule has 0 amide bonds. The van der Waals surface area contributed by atoms with Crippen molar-refractivity contribution in [2.24, 2.45) is 7.05 Å². The van der Waals surface area contributed by atoms with E-state index in [2.05, 4.69) is 5.10 Å². The van der Waals surface area contributed by atoms with Gasteiger partial charge in [0.1, 0.15) is 0 Å². The van der Waals surface area contributed by atoms with Crippen LogP contribution in [0.2, 0.25) is 0 Å². The first kappa shape index (κ1) is 9.77. The number of aryl methyl sites for hydroxylation is 3. The molecular weight excluding hydrogens is 168 g/mol. The molecule has 1 aromatic heterocycles. The fourth-order valence-electron chi connectivity index (χ4n) is 1.31. The van der Waals surface area contributed by atoms with Crippen molar-refractivity contribution in [3.8, 4) is 0 Å². The van der Waals surface area contributed by atoms with Gasteiger partial charge in [-0.1, -0.05) is 0 Å². The van der Waals surface area contributed by atoms with Crippen LogP contribution in [0.1, 0.15) is 24.1 Å². The van der Waals surface area contributed by atoms with E-state index in [-0.39, 0.29) is 6.42 Å². The van der Waals surface area contributed by atoms with Gasteiger partial charge in [-0.05, 0) is 25.3 Å². The van der Waals surface area contributed by atoms with Crippen LogP contribution in [-0.2, 0) is 18.3 Å². The molecule has 4 heteroatoms. The van der Waals surface area contributed by atoms with E-state index >= 15 is 0 Å². The van der Waals surface area contributed by atoms with Gasteiger partial charge in [-0.2, -0.15) is 5.10 Å². The van der Waals surface area contributed by atoms with Crippen LogP contribution in [0.25, 0.3) is 0 Å². The van der Waals surface area contributed by atoms with Crippen LogP contribution in [0.15, 0.2) is 6.20 Å². The highest BCUT2D eigenvalue weighted by Crippen LogP contribution is 2.07. The summed E-state index contributed by atoms with van der Waals surface area (Å²) < 4.78 is 1.76. The van der Waals surface area contributed by atoms with E-state index in [0.717, 1.165) is 17.7 Å². The van der Waals surface area contributed by atoms with E-state index in [1.165, 1.54) is 0 Å². The molecule has 0 aromatic carbocycles. The maximum atomic E-state index is 10.3. The van der Waals surface area contributed by atoms with E-state index in [1.54, 1.807) is 4.68 Å². The molecule has 0 aliphatic carbocycles. The van der Waals surface area contributed by atoms with Crippen LogP contribution in [0.3, 0.4) is 0 Å². The number of carboxylic acids is 1. The third-order valence-electron chi connectivity index (χ3n) is 1.92. The Balaban J connectivity index is 2.45. The minimum atomic E-state index is -0.742. The molecule has 0 unspecified atom stereocenters. The zero-order valence-corrected chi connectivity index (χ0v) is 7.95. The van der Waals surface area contributed by atoms with Crippen molar-refractivity contribution in [2.45, 2.75) is 26.2 Å². The normalized spacial score (nSPS) is 10.3. The summed E-state index contributed by atoms with van der Waals surface area (Å²) in [6, 6.07) is 0. The molecule has 0 saturated heterocycles. The number of hydrogen-bond acceptors (Lipinski definition) is 2. The van der Waals surface area contributed by atoms with Gasteiger partial charge in [0.25, 0.3) is 0 Å². The van der Waals surface area contributed by atoms with E-state index in [4.69, 9.17) is 5.11 Å². The molecule has 1 aromatic rings. The van der Waals surface area contributed by atoms with Gasteiger partial charge in [0.15, 0.2) is 0 Å². The molecule has 0 aliphatic rings. The highest BCUT2D eigenvalue weighted by atomic mass is 16.4. The number of carbonyl (C=O) groups is 1.